The molecular formula is C16H17IN2O3S. The first-order valence-corrected chi connectivity index (χ1v) is 9.79. The van der Waals surface area contributed by atoms with Crippen molar-refractivity contribution >= 4 is 49.9 Å². The van der Waals surface area contributed by atoms with Gasteiger partial charge in [0.2, 0.25) is 15.9 Å². The average molecular weight is 444 g/mol. The molecule has 0 aliphatic rings. The Morgan fingerprint density at radius 2 is 1.87 bits per heavy atom. The van der Waals surface area contributed by atoms with Gasteiger partial charge in [-0.05, 0) is 59.3 Å². The molecule has 2 aromatic carbocycles. The lowest BCUT2D eigenvalue weighted by molar-refractivity contribution is -0.114. The quantitative estimate of drug-likeness (QED) is 0.722. The normalized spacial score (nSPS) is 11.1. The molecule has 0 heterocycles. The van der Waals surface area contributed by atoms with Gasteiger partial charge in [0.25, 0.3) is 0 Å². The second kappa shape index (κ2) is 7.31. The minimum Gasteiger partial charge on any atom is -0.324 e. The first-order valence-electron chi connectivity index (χ1n) is 6.86. The van der Waals surface area contributed by atoms with Crippen LogP contribution in [-0.4, -0.2) is 27.1 Å². The molecule has 0 aromatic heterocycles. The standard InChI is InChI=1S/C16H17IN2O3S/c1-12-6-3-4-9-15(12)19(23(2,21)22)11-16(20)18-14-8-5-7-13(17)10-14/h3-10H,11H2,1-2H3,(H,18,20). The Bertz CT molecular complexity index is 822. The van der Waals surface area contributed by atoms with E-state index in [-0.39, 0.29) is 12.5 Å². The van der Waals surface area contributed by atoms with E-state index in [9.17, 15) is 13.2 Å². The lowest BCUT2D eigenvalue weighted by Gasteiger charge is -2.23. The zero-order valence-electron chi connectivity index (χ0n) is 12.8. The van der Waals surface area contributed by atoms with Crippen LogP contribution in [-0.2, 0) is 14.8 Å². The van der Waals surface area contributed by atoms with Crippen molar-refractivity contribution in [2.24, 2.45) is 0 Å². The van der Waals surface area contributed by atoms with Crippen LogP contribution < -0.4 is 9.62 Å². The van der Waals surface area contributed by atoms with Gasteiger partial charge in [-0.1, -0.05) is 24.3 Å². The number of nitrogens with zero attached hydrogens (tertiary/aromatic N) is 1. The highest BCUT2D eigenvalue weighted by atomic mass is 127. The summed E-state index contributed by atoms with van der Waals surface area (Å²) in [6, 6.07) is 14.4. The number of aryl methyl sites for hydroxylation is 1. The minimum atomic E-state index is -3.56. The summed E-state index contributed by atoms with van der Waals surface area (Å²) < 4.78 is 26.2. The largest absolute Gasteiger partial charge is 0.324 e. The number of hydrogen-bond donors (Lipinski definition) is 1. The van der Waals surface area contributed by atoms with Crippen LogP contribution in [0.2, 0.25) is 0 Å². The molecule has 1 amide bonds. The highest BCUT2D eigenvalue weighted by molar-refractivity contribution is 14.1. The van der Waals surface area contributed by atoms with Crippen molar-refractivity contribution in [3.63, 3.8) is 0 Å². The number of benzene rings is 2. The third-order valence-corrected chi connectivity index (χ3v) is 4.98. The van der Waals surface area contributed by atoms with Crippen LogP contribution in [0.3, 0.4) is 0 Å². The van der Waals surface area contributed by atoms with Gasteiger partial charge in [-0.2, -0.15) is 0 Å². The van der Waals surface area contributed by atoms with Crippen LogP contribution >= 0.6 is 22.6 Å². The van der Waals surface area contributed by atoms with Crippen molar-refractivity contribution in [3.8, 4) is 0 Å². The molecule has 0 aliphatic heterocycles. The lowest BCUT2D eigenvalue weighted by Crippen LogP contribution is -2.37. The molecule has 0 unspecified atom stereocenters. The van der Waals surface area contributed by atoms with Gasteiger partial charge in [-0.15, -0.1) is 0 Å². The van der Waals surface area contributed by atoms with E-state index in [0.29, 0.717) is 11.4 Å². The molecule has 0 spiro atoms. The lowest BCUT2D eigenvalue weighted by atomic mass is 10.2. The Morgan fingerprint density at radius 3 is 2.48 bits per heavy atom. The summed E-state index contributed by atoms with van der Waals surface area (Å²) in [5.74, 6) is -0.388. The fourth-order valence-electron chi connectivity index (χ4n) is 2.12. The highest BCUT2D eigenvalue weighted by Gasteiger charge is 2.22. The minimum absolute atomic E-state index is 0.269. The summed E-state index contributed by atoms with van der Waals surface area (Å²) in [4.78, 5) is 12.2. The fourth-order valence-corrected chi connectivity index (χ4v) is 3.58. The molecule has 1 N–H and O–H groups in total. The van der Waals surface area contributed by atoms with Gasteiger partial charge in [0.05, 0.1) is 11.9 Å². The molecule has 0 fully saturated rings. The van der Waals surface area contributed by atoms with Crippen molar-refractivity contribution in [2.45, 2.75) is 6.92 Å². The number of nitrogens with one attached hydrogen (secondary N) is 1. The number of carbonyl (C=O) groups excluding carboxylic acids is 1. The molecular weight excluding hydrogens is 427 g/mol. The molecule has 2 aromatic rings. The number of anilines is 2. The van der Waals surface area contributed by atoms with Crippen LogP contribution in [0.15, 0.2) is 48.5 Å². The number of rotatable bonds is 5. The van der Waals surface area contributed by atoms with Gasteiger partial charge >= 0.3 is 0 Å². The molecule has 0 radical (unpaired) electrons. The maximum Gasteiger partial charge on any atom is 0.245 e. The van der Waals surface area contributed by atoms with Gasteiger partial charge in [-0.3, -0.25) is 9.10 Å². The number of hydrogen-bond acceptors (Lipinski definition) is 3. The van der Waals surface area contributed by atoms with Crippen LogP contribution in [0.5, 0.6) is 0 Å². The number of para-hydroxylation sites is 1. The molecule has 122 valence electrons. The maximum absolute atomic E-state index is 12.2. The summed E-state index contributed by atoms with van der Waals surface area (Å²) >= 11 is 2.15. The summed E-state index contributed by atoms with van der Waals surface area (Å²) in [5, 5.41) is 2.72. The summed E-state index contributed by atoms with van der Waals surface area (Å²) in [5.41, 5.74) is 1.94. The second-order valence-electron chi connectivity index (χ2n) is 5.11. The number of sulfonamides is 1. The number of amides is 1. The second-order valence-corrected chi connectivity index (χ2v) is 8.27. The summed E-state index contributed by atoms with van der Waals surface area (Å²) in [6.45, 7) is 1.54. The number of carbonyl (C=O) groups is 1. The first kappa shape index (κ1) is 17.7. The molecule has 2 rings (SSSR count). The first-order chi connectivity index (χ1) is 10.8. The van der Waals surface area contributed by atoms with Crippen molar-refractivity contribution < 1.29 is 13.2 Å². The van der Waals surface area contributed by atoms with Crippen molar-refractivity contribution in [1.29, 1.82) is 0 Å². The predicted molar refractivity (Wildman–Crippen MR) is 101 cm³/mol. The predicted octanol–water partition coefficient (Wildman–Crippen LogP) is 3.00. The third kappa shape index (κ3) is 4.93. The fraction of sp³-hybridized carbons (Fsp3) is 0.188. The Labute approximate surface area is 149 Å². The van der Waals surface area contributed by atoms with E-state index in [1.54, 1.807) is 18.2 Å². The molecule has 0 saturated carbocycles. The average Bonchev–Trinajstić information content (AvgIpc) is 2.44. The number of halogens is 1. The van der Waals surface area contributed by atoms with Gasteiger partial charge in [0.1, 0.15) is 6.54 Å². The maximum atomic E-state index is 12.2. The Hall–Kier alpha value is -1.61. The van der Waals surface area contributed by atoms with Crippen LogP contribution in [0.25, 0.3) is 0 Å². The van der Waals surface area contributed by atoms with E-state index in [2.05, 4.69) is 27.9 Å². The Morgan fingerprint density at radius 1 is 1.17 bits per heavy atom. The zero-order chi connectivity index (χ0) is 17.0. The molecule has 7 heteroatoms. The molecule has 0 saturated heterocycles. The topological polar surface area (TPSA) is 66.5 Å². The molecule has 0 aliphatic carbocycles. The van der Waals surface area contributed by atoms with E-state index in [0.717, 1.165) is 19.7 Å². The van der Waals surface area contributed by atoms with Gasteiger partial charge < -0.3 is 5.32 Å². The van der Waals surface area contributed by atoms with Crippen molar-refractivity contribution in [2.75, 3.05) is 22.4 Å². The Kier molecular flexibility index (Phi) is 5.64. The van der Waals surface area contributed by atoms with Gasteiger partial charge in [0.15, 0.2) is 0 Å². The Balaban J connectivity index is 2.22. The molecule has 5 nitrogen and oxygen atoms in total. The van der Waals surface area contributed by atoms with Crippen LogP contribution in [0.4, 0.5) is 11.4 Å². The van der Waals surface area contributed by atoms with E-state index < -0.39 is 10.0 Å². The van der Waals surface area contributed by atoms with Crippen molar-refractivity contribution in [3.05, 3.63) is 57.7 Å². The van der Waals surface area contributed by atoms with Gasteiger partial charge in [-0.25, -0.2) is 8.42 Å². The highest BCUT2D eigenvalue weighted by Crippen LogP contribution is 2.22. The molecule has 0 bridgehead atoms. The summed E-state index contributed by atoms with van der Waals surface area (Å²) in [7, 11) is -3.56. The molecule has 0 atom stereocenters. The van der Waals surface area contributed by atoms with Crippen LogP contribution in [0.1, 0.15) is 5.56 Å². The van der Waals surface area contributed by atoms with Gasteiger partial charge in [0, 0.05) is 9.26 Å². The summed E-state index contributed by atoms with van der Waals surface area (Å²) in [6.07, 6.45) is 1.10. The molecule has 23 heavy (non-hydrogen) atoms. The van der Waals surface area contributed by atoms with E-state index in [1.807, 2.05) is 37.3 Å². The zero-order valence-corrected chi connectivity index (χ0v) is 15.8. The third-order valence-electron chi connectivity index (χ3n) is 3.18. The van der Waals surface area contributed by atoms with Crippen molar-refractivity contribution in [1.82, 2.24) is 0 Å². The SMILES string of the molecule is Cc1ccccc1N(CC(=O)Nc1cccc(I)c1)S(C)(=O)=O. The smallest absolute Gasteiger partial charge is 0.245 e. The van der Waals surface area contributed by atoms with Crippen LogP contribution in [0, 0.1) is 10.5 Å². The van der Waals surface area contributed by atoms with E-state index in [4.69, 9.17) is 0 Å². The monoisotopic (exact) mass is 444 g/mol. The van der Waals surface area contributed by atoms with E-state index in [1.165, 1.54) is 0 Å². The van der Waals surface area contributed by atoms with E-state index >= 15 is 0 Å².